The lowest BCUT2D eigenvalue weighted by Gasteiger charge is -2.30. The minimum absolute atomic E-state index is 0.151. The summed E-state index contributed by atoms with van der Waals surface area (Å²) in [6.45, 7) is 5.40. The number of methoxy groups -OCH3 is 1. The Labute approximate surface area is 104 Å². The van der Waals surface area contributed by atoms with Crippen LogP contribution in [0.1, 0.15) is 38.7 Å². The van der Waals surface area contributed by atoms with Crippen LogP contribution >= 0.6 is 0 Å². The second-order valence-corrected chi connectivity index (χ2v) is 6.06. The predicted octanol–water partition coefficient (Wildman–Crippen LogP) is 3.10. The molecule has 1 aromatic carbocycles. The van der Waals surface area contributed by atoms with Crippen molar-refractivity contribution in [2.45, 2.75) is 38.5 Å². The Morgan fingerprint density at radius 2 is 2.06 bits per heavy atom. The zero-order valence-corrected chi connectivity index (χ0v) is 11.1. The zero-order valence-electron chi connectivity index (χ0n) is 11.1. The van der Waals surface area contributed by atoms with Crippen LogP contribution < -0.4 is 10.5 Å². The summed E-state index contributed by atoms with van der Waals surface area (Å²) in [7, 11) is 1.72. The number of rotatable bonds is 3. The molecule has 0 amide bonds. The van der Waals surface area contributed by atoms with Gasteiger partial charge in [-0.2, -0.15) is 0 Å². The molecule has 1 saturated carbocycles. The van der Waals surface area contributed by atoms with Gasteiger partial charge < -0.3 is 10.5 Å². The van der Waals surface area contributed by atoms with Gasteiger partial charge in [0, 0.05) is 12.0 Å². The smallest absolute Gasteiger partial charge is 0.119 e. The summed E-state index contributed by atoms with van der Waals surface area (Å²) in [6, 6.07) is 8.40. The summed E-state index contributed by atoms with van der Waals surface area (Å²) in [4.78, 5) is 0. The van der Waals surface area contributed by atoms with Gasteiger partial charge in [0.05, 0.1) is 7.11 Å². The van der Waals surface area contributed by atoms with Crippen LogP contribution in [0, 0.1) is 5.41 Å². The summed E-state index contributed by atoms with van der Waals surface area (Å²) in [5, 5.41) is 0. The maximum absolute atomic E-state index is 6.07. The predicted molar refractivity (Wildman–Crippen MR) is 71.4 cm³/mol. The van der Waals surface area contributed by atoms with E-state index in [1.54, 1.807) is 7.11 Å². The fourth-order valence-corrected chi connectivity index (χ4v) is 3.16. The van der Waals surface area contributed by atoms with Crippen molar-refractivity contribution in [2.75, 3.05) is 13.7 Å². The number of hydrogen-bond donors (Lipinski definition) is 1. The van der Waals surface area contributed by atoms with E-state index in [-0.39, 0.29) is 5.41 Å². The lowest BCUT2D eigenvalue weighted by atomic mass is 9.76. The zero-order chi connectivity index (χ0) is 12.5. The average Bonchev–Trinajstić information content (AvgIpc) is 2.66. The first-order chi connectivity index (χ1) is 8.01. The van der Waals surface area contributed by atoms with Crippen molar-refractivity contribution in [1.82, 2.24) is 0 Å². The molecule has 17 heavy (non-hydrogen) atoms. The topological polar surface area (TPSA) is 35.2 Å². The fourth-order valence-electron chi connectivity index (χ4n) is 3.16. The molecule has 2 nitrogen and oxygen atoms in total. The van der Waals surface area contributed by atoms with Crippen molar-refractivity contribution in [1.29, 1.82) is 0 Å². The van der Waals surface area contributed by atoms with Crippen LogP contribution in [-0.4, -0.2) is 13.7 Å². The Bertz CT molecular complexity index is 400. The molecule has 0 aliphatic heterocycles. The highest BCUT2D eigenvalue weighted by Gasteiger charge is 2.43. The normalized spacial score (nSPS) is 27.1. The fraction of sp³-hybridized carbons (Fsp3) is 0.600. The van der Waals surface area contributed by atoms with Crippen LogP contribution in [0.3, 0.4) is 0 Å². The third-order valence-electron chi connectivity index (χ3n) is 4.17. The monoisotopic (exact) mass is 233 g/mol. The molecule has 2 rings (SSSR count). The van der Waals surface area contributed by atoms with E-state index < -0.39 is 0 Å². The molecule has 2 N–H and O–H groups in total. The van der Waals surface area contributed by atoms with Crippen LogP contribution in [0.5, 0.6) is 5.75 Å². The third-order valence-corrected chi connectivity index (χ3v) is 4.17. The largest absolute Gasteiger partial charge is 0.497 e. The summed E-state index contributed by atoms with van der Waals surface area (Å²) in [5.41, 5.74) is 7.97. The first-order valence-corrected chi connectivity index (χ1v) is 6.36. The molecule has 2 heteroatoms. The van der Waals surface area contributed by atoms with Crippen molar-refractivity contribution in [3.8, 4) is 5.75 Å². The molecule has 1 aromatic rings. The minimum Gasteiger partial charge on any atom is -0.497 e. The third kappa shape index (κ3) is 2.32. The number of nitrogens with two attached hydrogens (primary N) is 1. The van der Waals surface area contributed by atoms with Gasteiger partial charge in [0.25, 0.3) is 0 Å². The van der Waals surface area contributed by atoms with Gasteiger partial charge >= 0.3 is 0 Å². The minimum atomic E-state index is 0.151. The average molecular weight is 233 g/mol. The Kier molecular flexibility index (Phi) is 3.17. The van der Waals surface area contributed by atoms with Gasteiger partial charge in [0.2, 0.25) is 0 Å². The molecule has 0 radical (unpaired) electrons. The maximum Gasteiger partial charge on any atom is 0.119 e. The molecule has 0 aromatic heterocycles. The quantitative estimate of drug-likeness (QED) is 0.870. The standard InChI is InChI=1S/C15H23NO/c1-14(2)7-8-15(10-14,11-16)12-5-4-6-13(9-12)17-3/h4-6,9H,7-8,10-11,16H2,1-3H3. The van der Waals surface area contributed by atoms with E-state index in [2.05, 4.69) is 32.0 Å². The van der Waals surface area contributed by atoms with Gasteiger partial charge in [0.1, 0.15) is 5.75 Å². The van der Waals surface area contributed by atoms with E-state index in [0.29, 0.717) is 5.41 Å². The van der Waals surface area contributed by atoms with Crippen molar-refractivity contribution in [3.05, 3.63) is 29.8 Å². The van der Waals surface area contributed by atoms with Crippen LogP contribution in [0.2, 0.25) is 0 Å². The maximum atomic E-state index is 6.07. The highest BCUT2D eigenvalue weighted by atomic mass is 16.5. The second kappa shape index (κ2) is 4.34. The van der Waals surface area contributed by atoms with E-state index in [9.17, 15) is 0 Å². The molecule has 1 aliphatic rings. The van der Waals surface area contributed by atoms with Crippen molar-refractivity contribution in [2.24, 2.45) is 11.1 Å². The number of benzene rings is 1. The van der Waals surface area contributed by atoms with E-state index in [1.807, 2.05) is 6.07 Å². The van der Waals surface area contributed by atoms with E-state index in [0.717, 1.165) is 12.3 Å². The molecular weight excluding hydrogens is 210 g/mol. The Morgan fingerprint density at radius 3 is 2.59 bits per heavy atom. The van der Waals surface area contributed by atoms with Gasteiger partial charge in [-0.05, 0) is 42.4 Å². The molecular formula is C15H23NO. The second-order valence-electron chi connectivity index (χ2n) is 6.06. The molecule has 0 saturated heterocycles. The van der Waals surface area contributed by atoms with Crippen LogP contribution in [0.4, 0.5) is 0 Å². The van der Waals surface area contributed by atoms with Crippen molar-refractivity contribution in [3.63, 3.8) is 0 Å². The molecule has 1 fully saturated rings. The number of hydrogen-bond acceptors (Lipinski definition) is 2. The van der Waals surface area contributed by atoms with Crippen molar-refractivity contribution >= 4 is 0 Å². The molecule has 1 unspecified atom stereocenters. The van der Waals surface area contributed by atoms with E-state index in [4.69, 9.17) is 10.5 Å². The van der Waals surface area contributed by atoms with E-state index >= 15 is 0 Å². The van der Waals surface area contributed by atoms with Gasteiger partial charge in [-0.3, -0.25) is 0 Å². The molecule has 0 bridgehead atoms. The summed E-state index contributed by atoms with van der Waals surface area (Å²) < 4.78 is 5.32. The van der Waals surface area contributed by atoms with E-state index in [1.165, 1.54) is 24.8 Å². The lowest BCUT2D eigenvalue weighted by Crippen LogP contribution is -2.33. The van der Waals surface area contributed by atoms with Crippen molar-refractivity contribution < 1.29 is 4.74 Å². The SMILES string of the molecule is COc1cccc(C2(CN)CCC(C)(C)C2)c1. The van der Waals surface area contributed by atoms with Crippen LogP contribution in [0.15, 0.2) is 24.3 Å². The molecule has 0 spiro atoms. The molecule has 0 heterocycles. The van der Waals surface area contributed by atoms with Gasteiger partial charge in [-0.1, -0.05) is 26.0 Å². The summed E-state index contributed by atoms with van der Waals surface area (Å²) in [6.07, 6.45) is 3.61. The Balaban J connectivity index is 2.35. The highest BCUT2D eigenvalue weighted by molar-refractivity contribution is 5.35. The van der Waals surface area contributed by atoms with Crippen LogP contribution in [-0.2, 0) is 5.41 Å². The lowest BCUT2D eigenvalue weighted by molar-refractivity contribution is 0.337. The first kappa shape index (κ1) is 12.4. The summed E-state index contributed by atoms with van der Waals surface area (Å²) in [5.74, 6) is 0.931. The number of ether oxygens (including phenoxy) is 1. The van der Waals surface area contributed by atoms with Gasteiger partial charge in [0.15, 0.2) is 0 Å². The van der Waals surface area contributed by atoms with Crippen LogP contribution in [0.25, 0.3) is 0 Å². The van der Waals surface area contributed by atoms with Gasteiger partial charge in [-0.15, -0.1) is 0 Å². The molecule has 94 valence electrons. The highest BCUT2D eigenvalue weighted by Crippen LogP contribution is 2.50. The Hall–Kier alpha value is -1.02. The first-order valence-electron chi connectivity index (χ1n) is 6.36. The van der Waals surface area contributed by atoms with Gasteiger partial charge in [-0.25, -0.2) is 0 Å². The summed E-state index contributed by atoms with van der Waals surface area (Å²) >= 11 is 0. The molecule has 1 aliphatic carbocycles. The molecule has 1 atom stereocenters. The Morgan fingerprint density at radius 1 is 1.29 bits per heavy atom.